The molecule has 0 saturated carbocycles. The van der Waals surface area contributed by atoms with E-state index in [1.54, 1.807) is 37.3 Å². The molecule has 3 rings (SSSR count). The molecular formula is C21H24FN3O3. The van der Waals surface area contributed by atoms with Crippen molar-refractivity contribution in [1.29, 1.82) is 0 Å². The highest BCUT2D eigenvalue weighted by Gasteiger charge is 2.22. The number of hydrogen-bond donors (Lipinski definition) is 0. The zero-order valence-electron chi connectivity index (χ0n) is 15.9. The quantitative estimate of drug-likeness (QED) is 0.716. The second kappa shape index (κ2) is 9.30. The fraction of sp³-hybridized carbons (Fsp3) is 0.381. The van der Waals surface area contributed by atoms with E-state index < -0.39 is 0 Å². The van der Waals surface area contributed by atoms with Crippen molar-refractivity contribution < 1.29 is 18.7 Å². The third-order valence-electron chi connectivity index (χ3n) is 4.78. The molecule has 0 unspecified atom stereocenters. The van der Waals surface area contributed by atoms with Crippen LogP contribution in [0.2, 0.25) is 0 Å². The first kappa shape index (κ1) is 19.8. The van der Waals surface area contributed by atoms with Crippen LogP contribution in [0.25, 0.3) is 0 Å². The molecule has 0 radical (unpaired) electrons. The Morgan fingerprint density at radius 3 is 2.50 bits per heavy atom. The van der Waals surface area contributed by atoms with Crippen molar-refractivity contribution in [3.8, 4) is 0 Å². The molecule has 1 fully saturated rings. The number of pyridine rings is 1. The lowest BCUT2D eigenvalue weighted by molar-refractivity contribution is -0.131. The Kier molecular flexibility index (Phi) is 6.57. The maximum absolute atomic E-state index is 13.7. The SMILES string of the molecule is CCOC(=O)c1ccc(N2CCN(C(=O)CCc3ccccc3F)CC2)nc1. The zero-order chi connectivity index (χ0) is 19.9. The molecule has 2 aromatic rings. The number of carbonyl (C=O) groups is 2. The van der Waals surface area contributed by atoms with Crippen LogP contribution < -0.4 is 4.90 Å². The summed E-state index contributed by atoms with van der Waals surface area (Å²) < 4.78 is 18.6. The van der Waals surface area contributed by atoms with Crippen LogP contribution >= 0.6 is 0 Å². The summed E-state index contributed by atoms with van der Waals surface area (Å²) in [6, 6.07) is 10.0. The number of aromatic nitrogens is 1. The number of hydrogen-bond acceptors (Lipinski definition) is 5. The molecule has 0 atom stereocenters. The molecule has 0 bridgehead atoms. The fourth-order valence-electron chi connectivity index (χ4n) is 3.19. The van der Waals surface area contributed by atoms with E-state index in [1.165, 1.54) is 12.3 Å². The number of ether oxygens (including phenoxy) is 1. The highest BCUT2D eigenvalue weighted by Crippen LogP contribution is 2.16. The number of piperazine rings is 1. The van der Waals surface area contributed by atoms with Gasteiger partial charge in [0, 0.05) is 38.8 Å². The number of anilines is 1. The number of benzene rings is 1. The largest absolute Gasteiger partial charge is 0.462 e. The van der Waals surface area contributed by atoms with Gasteiger partial charge in [-0.25, -0.2) is 14.2 Å². The van der Waals surface area contributed by atoms with Crippen molar-refractivity contribution in [3.05, 3.63) is 59.5 Å². The second-order valence-corrected chi connectivity index (χ2v) is 6.58. The Labute approximate surface area is 163 Å². The number of nitrogens with zero attached hydrogens (tertiary/aromatic N) is 3. The molecule has 1 aliphatic heterocycles. The van der Waals surface area contributed by atoms with Crippen LogP contribution in [0.15, 0.2) is 42.6 Å². The minimum atomic E-state index is -0.383. The van der Waals surface area contributed by atoms with E-state index in [-0.39, 0.29) is 17.7 Å². The van der Waals surface area contributed by atoms with Crippen LogP contribution in [-0.2, 0) is 16.0 Å². The lowest BCUT2D eigenvalue weighted by Gasteiger charge is -2.35. The highest BCUT2D eigenvalue weighted by molar-refractivity contribution is 5.89. The monoisotopic (exact) mass is 385 g/mol. The minimum Gasteiger partial charge on any atom is -0.462 e. The molecule has 1 aromatic heterocycles. The molecule has 148 valence electrons. The summed E-state index contributed by atoms with van der Waals surface area (Å²) in [5, 5.41) is 0. The van der Waals surface area contributed by atoms with Crippen molar-refractivity contribution in [3.63, 3.8) is 0 Å². The van der Waals surface area contributed by atoms with Gasteiger partial charge in [0.05, 0.1) is 12.2 Å². The molecule has 1 amide bonds. The first-order valence-corrected chi connectivity index (χ1v) is 9.47. The Bertz CT molecular complexity index is 818. The average Bonchev–Trinajstić information content (AvgIpc) is 2.73. The smallest absolute Gasteiger partial charge is 0.339 e. The van der Waals surface area contributed by atoms with Gasteiger partial charge in [0.2, 0.25) is 5.91 Å². The Morgan fingerprint density at radius 2 is 1.86 bits per heavy atom. The third kappa shape index (κ3) is 4.85. The summed E-state index contributed by atoms with van der Waals surface area (Å²) in [4.78, 5) is 32.3. The van der Waals surface area contributed by atoms with Gasteiger partial charge in [0.1, 0.15) is 11.6 Å². The van der Waals surface area contributed by atoms with E-state index in [0.717, 1.165) is 5.82 Å². The lowest BCUT2D eigenvalue weighted by atomic mass is 10.1. The molecule has 28 heavy (non-hydrogen) atoms. The normalized spacial score (nSPS) is 14.1. The number of amides is 1. The van der Waals surface area contributed by atoms with Crippen molar-refractivity contribution >= 4 is 17.7 Å². The van der Waals surface area contributed by atoms with Gasteiger partial charge < -0.3 is 14.5 Å². The minimum absolute atomic E-state index is 0.0357. The molecule has 0 spiro atoms. The Morgan fingerprint density at radius 1 is 1.11 bits per heavy atom. The predicted molar refractivity (Wildman–Crippen MR) is 104 cm³/mol. The van der Waals surface area contributed by atoms with Crippen LogP contribution in [-0.4, -0.2) is 54.5 Å². The van der Waals surface area contributed by atoms with Gasteiger partial charge in [-0.15, -0.1) is 0 Å². The number of rotatable bonds is 6. The second-order valence-electron chi connectivity index (χ2n) is 6.58. The molecule has 2 heterocycles. The van der Waals surface area contributed by atoms with Crippen molar-refractivity contribution in [2.75, 3.05) is 37.7 Å². The van der Waals surface area contributed by atoms with Crippen molar-refractivity contribution in [2.24, 2.45) is 0 Å². The van der Waals surface area contributed by atoms with Gasteiger partial charge >= 0.3 is 5.97 Å². The summed E-state index contributed by atoms with van der Waals surface area (Å²) in [5.74, 6) is 0.157. The maximum Gasteiger partial charge on any atom is 0.339 e. The van der Waals surface area contributed by atoms with Crippen LogP contribution in [0.4, 0.5) is 10.2 Å². The predicted octanol–water partition coefficient (Wildman–Crippen LogP) is 2.68. The Balaban J connectivity index is 1.49. The summed E-state index contributed by atoms with van der Waals surface area (Å²) in [5.41, 5.74) is 0.993. The van der Waals surface area contributed by atoms with E-state index in [9.17, 15) is 14.0 Å². The molecule has 0 aliphatic carbocycles. The fourth-order valence-corrected chi connectivity index (χ4v) is 3.19. The molecule has 0 N–H and O–H groups in total. The van der Waals surface area contributed by atoms with E-state index in [1.807, 2.05) is 4.90 Å². The molecule has 6 nitrogen and oxygen atoms in total. The number of esters is 1. The van der Waals surface area contributed by atoms with Crippen LogP contribution in [0.1, 0.15) is 29.3 Å². The summed E-state index contributed by atoms with van der Waals surface area (Å²) in [6.07, 6.45) is 2.22. The van der Waals surface area contributed by atoms with Gasteiger partial charge in [0.15, 0.2) is 0 Å². The number of aryl methyl sites for hydroxylation is 1. The van der Waals surface area contributed by atoms with Gasteiger partial charge in [-0.1, -0.05) is 18.2 Å². The number of carbonyl (C=O) groups excluding carboxylic acids is 2. The summed E-state index contributed by atoms with van der Waals surface area (Å²) >= 11 is 0. The highest BCUT2D eigenvalue weighted by atomic mass is 19.1. The van der Waals surface area contributed by atoms with E-state index in [0.29, 0.717) is 56.8 Å². The van der Waals surface area contributed by atoms with Gasteiger partial charge in [-0.05, 0) is 37.1 Å². The number of halogens is 1. The topological polar surface area (TPSA) is 62.7 Å². The van der Waals surface area contributed by atoms with Crippen LogP contribution in [0.5, 0.6) is 0 Å². The van der Waals surface area contributed by atoms with Gasteiger partial charge in [-0.3, -0.25) is 4.79 Å². The first-order chi connectivity index (χ1) is 13.6. The standard InChI is InChI=1S/C21H24FN3O3/c1-2-28-21(27)17-7-9-19(23-15-17)24-11-13-25(14-12-24)20(26)10-8-16-5-3-4-6-18(16)22/h3-7,9,15H,2,8,10-14H2,1H3. The molecular weight excluding hydrogens is 361 g/mol. The maximum atomic E-state index is 13.7. The van der Waals surface area contributed by atoms with Crippen LogP contribution in [0.3, 0.4) is 0 Å². The lowest BCUT2D eigenvalue weighted by Crippen LogP contribution is -2.49. The molecule has 1 saturated heterocycles. The van der Waals surface area contributed by atoms with E-state index in [4.69, 9.17) is 4.74 Å². The molecule has 7 heteroatoms. The van der Waals surface area contributed by atoms with Crippen LogP contribution in [0, 0.1) is 5.82 Å². The first-order valence-electron chi connectivity index (χ1n) is 9.47. The molecule has 1 aliphatic rings. The van der Waals surface area contributed by atoms with Crippen molar-refractivity contribution in [2.45, 2.75) is 19.8 Å². The van der Waals surface area contributed by atoms with Gasteiger partial charge in [-0.2, -0.15) is 0 Å². The van der Waals surface area contributed by atoms with Gasteiger partial charge in [0.25, 0.3) is 0 Å². The summed E-state index contributed by atoms with van der Waals surface area (Å²) in [7, 11) is 0. The molecule has 1 aromatic carbocycles. The van der Waals surface area contributed by atoms with Crippen molar-refractivity contribution in [1.82, 2.24) is 9.88 Å². The zero-order valence-corrected chi connectivity index (χ0v) is 15.9. The van der Waals surface area contributed by atoms with E-state index in [2.05, 4.69) is 9.88 Å². The average molecular weight is 385 g/mol. The third-order valence-corrected chi connectivity index (χ3v) is 4.78. The summed E-state index contributed by atoms with van der Waals surface area (Å²) in [6.45, 7) is 4.60. The Hall–Kier alpha value is -2.96. The van der Waals surface area contributed by atoms with E-state index >= 15 is 0 Å².